The summed E-state index contributed by atoms with van der Waals surface area (Å²) in [5.41, 5.74) is 4.57. The fourth-order valence-electron chi connectivity index (χ4n) is 4.36. The summed E-state index contributed by atoms with van der Waals surface area (Å²) in [5.74, 6) is -0.326. The Hall–Kier alpha value is -2.87. The van der Waals surface area contributed by atoms with E-state index in [-0.39, 0.29) is 30.8 Å². The van der Waals surface area contributed by atoms with E-state index < -0.39 is 16.1 Å². The average molecular weight is 530 g/mol. The van der Waals surface area contributed by atoms with Crippen molar-refractivity contribution < 1.29 is 18.0 Å². The molecule has 2 atom stereocenters. The van der Waals surface area contributed by atoms with Gasteiger partial charge in [-0.1, -0.05) is 55.8 Å². The molecule has 37 heavy (non-hydrogen) atoms. The maximum Gasteiger partial charge on any atom is 0.243 e. The number of rotatable bonds is 13. The van der Waals surface area contributed by atoms with Crippen LogP contribution in [0.25, 0.3) is 0 Å². The van der Waals surface area contributed by atoms with E-state index in [1.165, 1.54) is 10.6 Å². The highest BCUT2D eigenvalue weighted by Crippen LogP contribution is 2.25. The van der Waals surface area contributed by atoms with E-state index in [4.69, 9.17) is 0 Å². The smallest absolute Gasteiger partial charge is 0.243 e. The molecule has 1 N–H and O–H groups in total. The number of amides is 2. The van der Waals surface area contributed by atoms with Crippen LogP contribution in [0, 0.1) is 20.8 Å². The summed E-state index contributed by atoms with van der Waals surface area (Å²) in [6.07, 6.45) is 2.95. The fourth-order valence-corrected chi connectivity index (χ4v) is 5.37. The molecule has 2 rings (SSSR count). The average Bonchev–Trinajstić information content (AvgIpc) is 2.82. The second-order valence-electron chi connectivity index (χ2n) is 9.91. The third-order valence-electron chi connectivity index (χ3n) is 6.82. The molecule has 2 aromatic rings. The molecular weight excluding hydrogens is 486 g/mol. The lowest BCUT2D eigenvalue weighted by atomic mass is 10.1. The minimum Gasteiger partial charge on any atom is -0.352 e. The summed E-state index contributed by atoms with van der Waals surface area (Å²) in [6, 6.07) is 12.9. The van der Waals surface area contributed by atoms with E-state index in [9.17, 15) is 18.0 Å². The van der Waals surface area contributed by atoms with Gasteiger partial charge in [-0.15, -0.1) is 0 Å². The zero-order chi connectivity index (χ0) is 27.8. The summed E-state index contributed by atoms with van der Waals surface area (Å²) in [7, 11) is -3.54. The third kappa shape index (κ3) is 8.59. The van der Waals surface area contributed by atoms with E-state index in [0.717, 1.165) is 28.7 Å². The van der Waals surface area contributed by atoms with Gasteiger partial charge < -0.3 is 10.2 Å². The van der Waals surface area contributed by atoms with Crippen molar-refractivity contribution in [2.75, 3.05) is 17.1 Å². The first kappa shape index (κ1) is 30.4. The van der Waals surface area contributed by atoms with Crippen LogP contribution in [0.1, 0.15) is 68.7 Å². The third-order valence-corrected chi connectivity index (χ3v) is 8.00. The fraction of sp³-hybridized carbons (Fsp3) is 0.517. The molecule has 0 radical (unpaired) electrons. The van der Waals surface area contributed by atoms with Crippen LogP contribution in [0.2, 0.25) is 0 Å². The molecule has 0 spiro atoms. The van der Waals surface area contributed by atoms with Crippen molar-refractivity contribution in [1.82, 2.24) is 10.2 Å². The van der Waals surface area contributed by atoms with Crippen LogP contribution in [-0.2, 0) is 26.2 Å². The first-order valence-corrected chi connectivity index (χ1v) is 14.9. The van der Waals surface area contributed by atoms with Gasteiger partial charge in [0, 0.05) is 25.6 Å². The molecule has 0 bridgehead atoms. The normalized spacial score (nSPS) is 13.1. The Morgan fingerprint density at radius 3 is 2.27 bits per heavy atom. The SMILES string of the molecule is CC[C@@H](C)NC(=O)[C@H](CC)N(Cc1cccc(C)c1)C(=O)CCCN(c1cccc(C)c1C)S(C)(=O)=O. The zero-order valence-corrected chi connectivity index (χ0v) is 24.2. The van der Waals surface area contributed by atoms with E-state index in [2.05, 4.69) is 5.32 Å². The van der Waals surface area contributed by atoms with Crippen molar-refractivity contribution in [2.45, 2.75) is 85.9 Å². The highest BCUT2D eigenvalue weighted by molar-refractivity contribution is 7.92. The molecule has 7 nitrogen and oxygen atoms in total. The molecule has 0 saturated heterocycles. The van der Waals surface area contributed by atoms with Crippen LogP contribution in [0.15, 0.2) is 42.5 Å². The number of hydrogen-bond acceptors (Lipinski definition) is 4. The molecule has 0 fully saturated rings. The standard InChI is InChI=1S/C29H43N3O4S/c1-8-23(5)30-29(34)26(9-2)31(20-25-15-10-13-21(3)19-25)28(33)17-12-18-32(37(7,35)36)27-16-11-14-22(4)24(27)6/h10-11,13-16,19,23,26H,8-9,12,17-18,20H2,1-7H3,(H,30,34)/t23-,26+/m1/s1. The van der Waals surface area contributed by atoms with Gasteiger partial charge in [0.2, 0.25) is 21.8 Å². The number of hydrogen-bond donors (Lipinski definition) is 1. The van der Waals surface area contributed by atoms with E-state index in [1.807, 2.05) is 77.9 Å². The Balaban J connectivity index is 2.26. The molecule has 0 aliphatic rings. The minimum absolute atomic E-state index is 0.0124. The number of anilines is 1. The van der Waals surface area contributed by atoms with Crippen LogP contribution < -0.4 is 9.62 Å². The van der Waals surface area contributed by atoms with Crippen LogP contribution in [0.4, 0.5) is 5.69 Å². The van der Waals surface area contributed by atoms with Crippen molar-refractivity contribution >= 4 is 27.5 Å². The number of sulfonamides is 1. The van der Waals surface area contributed by atoms with Gasteiger partial charge in [0.05, 0.1) is 11.9 Å². The number of nitrogens with one attached hydrogen (secondary N) is 1. The molecular formula is C29H43N3O4S. The lowest BCUT2D eigenvalue weighted by Crippen LogP contribution is -2.50. The maximum absolute atomic E-state index is 13.6. The Morgan fingerprint density at radius 2 is 1.68 bits per heavy atom. The molecule has 0 unspecified atom stereocenters. The monoisotopic (exact) mass is 529 g/mol. The van der Waals surface area contributed by atoms with Crippen molar-refractivity contribution in [3.8, 4) is 0 Å². The Morgan fingerprint density at radius 1 is 1.00 bits per heavy atom. The largest absolute Gasteiger partial charge is 0.352 e. The van der Waals surface area contributed by atoms with Gasteiger partial charge in [0.25, 0.3) is 0 Å². The van der Waals surface area contributed by atoms with Gasteiger partial charge in [-0.2, -0.15) is 0 Å². The van der Waals surface area contributed by atoms with Gasteiger partial charge in [0.1, 0.15) is 6.04 Å². The van der Waals surface area contributed by atoms with Crippen LogP contribution in [-0.4, -0.2) is 50.0 Å². The minimum atomic E-state index is -3.54. The van der Waals surface area contributed by atoms with E-state index in [1.54, 1.807) is 11.0 Å². The predicted molar refractivity (Wildman–Crippen MR) is 151 cm³/mol. The van der Waals surface area contributed by atoms with Crippen molar-refractivity contribution in [2.24, 2.45) is 0 Å². The Labute approximate surface area is 223 Å². The molecule has 0 aliphatic carbocycles. The molecule has 204 valence electrons. The van der Waals surface area contributed by atoms with Gasteiger partial charge in [-0.05, 0) is 69.7 Å². The van der Waals surface area contributed by atoms with E-state index in [0.29, 0.717) is 25.1 Å². The molecule has 2 amide bonds. The Bertz CT molecular complexity index is 1180. The van der Waals surface area contributed by atoms with Crippen molar-refractivity contribution in [1.29, 1.82) is 0 Å². The summed E-state index contributed by atoms with van der Waals surface area (Å²) in [4.78, 5) is 28.3. The first-order chi connectivity index (χ1) is 17.4. The molecule has 0 heterocycles. The molecule has 0 saturated carbocycles. The number of carbonyl (C=O) groups is 2. The van der Waals surface area contributed by atoms with Gasteiger partial charge in [-0.25, -0.2) is 8.42 Å². The van der Waals surface area contributed by atoms with Crippen LogP contribution in [0.3, 0.4) is 0 Å². The number of aryl methyl sites for hydroxylation is 2. The van der Waals surface area contributed by atoms with Crippen LogP contribution >= 0.6 is 0 Å². The van der Waals surface area contributed by atoms with Crippen molar-refractivity contribution in [3.63, 3.8) is 0 Å². The predicted octanol–water partition coefficient (Wildman–Crippen LogP) is 4.88. The van der Waals surface area contributed by atoms with Crippen molar-refractivity contribution in [3.05, 3.63) is 64.7 Å². The summed E-state index contributed by atoms with van der Waals surface area (Å²) in [6.45, 7) is 12.2. The number of carbonyl (C=O) groups excluding carboxylic acids is 2. The topological polar surface area (TPSA) is 86.8 Å². The first-order valence-electron chi connectivity index (χ1n) is 13.1. The molecule has 2 aromatic carbocycles. The highest BCUT2D eigenvalue weighted by Gasteiger charge is 2.29. The summed E-state index contributed by atoms with van der Waals surface area (Å²) in [5, 5.41) is 3.02. The summed E-state index contributed by atoms with van der Waals surface area (Å²) < 4.78 is 26.6. The highest BCUT2D eigenvalue weighted by atomic mass is 32.2. The number of nitrogens with zero attached hydrogens (tertiary/aromatic N) is 2. The summed E-state index contributed by atoms with van der Waals surface area (Å²) >= 11 is 0. The second-order valence-corrected chi connectivity index (χ2v) is 11.8. The molecule has 0 aliphatic heterocycles. The number of benzene rings is 2. The quantitative estimate of drug-likeness (QED) is 0.401. The molecule has 8 heteroatoms. The van der Waals surface area contributed by atoms with E-state index >= 15 is 0 Å². The lowest BCUT2D eigenvalue weighted by molar-refractivity contribution is -0.141. The Kier molecular flexibility index (Phi) is 11.2. The second kappa shape index (κ2) is 13.6. The maximum atomic E-state index is 13.6. The lowest BCUT2D eigenvalue weighted by Gasteiger charge is -2.32. The zero-order valence-electron chi connectivity index (χ0n) is 23.4. The van der Waals surface area contributed by atoms with Gasteiger partial charge in [-0.3, -0.25) is 13.9 Å². The molecule has 0 aromatic heterocycles. The van der Waals surface area contributed by atoms with Gasteiger partial charge >= 0.3 is 0 Å². The van der Waals surface area contributed by atoms with Gasteiger partial charge in [0.15, 0.2) is 0 Å². The van der Waals surface area contributed by atoms with Crippen LogP contribution in [0.5, 0.6) is 0 Å².